The highest BCUT2D eigenvalue weighted by molar-refractivity contribution is 6.03. The molecular weight excluding hydrogens is 362 g/mol. The molecule has 1 aromatic heterocycles. The van der Waals surface area contributed by atoms with Gasteiger partial charge in [0.1, 0.15) is 34.7 Å². The molecule has 3 rings (SSSR count). The second-order valence-corrected chi connectivity index (χ2v) is 6.21. The van der Waals surface area contributed by atoms with Crippen LogP contribution in [-0.4, -0.2) is 22.4 Å². The molecule has 0 bridgehead atoms. The molecule has 0 saturated carbocycles. The lowest BCUT2D eigenvalue weighted by molar-refractivity contribution is 0.102. The summed E-state index contributed by atoms with van der Waals surface area (Å²) in [4.78, 5) is 23.1. The zero-order valence-corrected chi connectivity index (χ0v) is 15.6. The molecule has 0 aliphatic rings. The summed E-state index contributed by atoms with van der Waals surface area (Å²) >= 11 is 0. The summed E-state index contributed by atoms with van der Waals surface area (Å²) in [5.74, 6) is -1.44. The predicted molar refractivity (Wildman–Crippen MR) is 104 cm³/mol. The van der Waals surface area contributed by atoms with E-state index in [1.807, 2.05) is 42.2 Å². The van der Waals surface area contributed by atoms with Crippen molar-refractivity contribution in [3.63, 3.8) is 0 Å². The van der Waals surface area contributed by atoms with E-state index < -0.39 is 23.2 Å². The van der Waals surface area contributed by atoms with Crippen LogP contribution in [0.15, 0.2) is 54.6 Å². The van der Waals surface area contributed by atoms with Crippen molar-refractivity contribution in [1.82, 2.24) is 9.97 Å². The molecule has 0 unspecified atom stereocenters. The lowest BCUT2D eigenvalue weighted by atomic mass is 10.2. The van der Waals surface area contributed by atoms with Gasteiger partial charge in [-0.2, -0.15) is 0 Å². The molecule has 2 aromatic carbocycles. The molecule has 1 amide bonds. The van der Waals surface area contributed by atoms with E-state index in [4.69, 9.17) is 0 Å². The molecule has 0 atom stereocenters. The maximum atomic E-state index is 13.8. The van der Waals surface area contributed by atoms with E-state index in [9.17, 15) is 13.6 Å². The summed E-state index contributed by atoms with van der Waals surface area (Å²) < 4.78 is 27.6. The number of para-hydroxylation sites is 1. The number of benzene rings is 2. The first-order valence-electron chi connectivity index (χ1n) is 8.88. The largest absolute Gasteiger partial charge is 0.352 e. The number of hydrogen-bond donors (Lipinski definition) is 1. The van der Waals surface area contributed by atoms with Gasteiger partial charge in [-0.25, -0.2) is 18.7 Å². The number of aromatic nitrogens is 2. The molecule has 5 nitrogen and oxygen atoms in total. The Labute approximate surface area is 162 Å². The number of nitrogens with one attached hydrogen (secondary N) is 1. The smallest absolute Gasteiger partial charge is 0.274 e. The minimum absolute atomic E-state index is 0.0386. The predicted octanol–water partition coefficient (Wildman–Crippen LogP) is 4.34. The number of nitrogens with zero attached hydrogens (tertiary/aromatic N) is 3. The van der Waals surface area contributed by atoms with Crippen LogP contribution in [0.1, 0.15) is 28.8 Å². The van der Waals surface area contributed by atoms with E-state index in [2.05, 4.69) is 15.3 Å². The fourth-order valence-corrected chi connectivity index (χ4v) is 2.78. The highest BCUT2D eigenvalue weighted by Crippen LogP contribution is 2.20. The van der Waals surface area contributed by atoms with Crippen molar-refractivity contribution < 1.29 is 13.6 Å². The van der Waals surface area contributed by atoms with Gasteiger partial charge in [0, 0.05) is 19.2 Å². The van der Waals surface area contributed by atoms with Crippen LogP contribution in [0, 0.1) is 18.6 Å². The van der Waals surface area contributed by atoms with E-state index in [1.165, 1.54) is 12.1 Å². The van der Waals surface area contributed by atoms with E-state index in [-0.39, 0.29) is 5.69 Å². The summed E-state index contributed by atoms with van der Waals surface area (Å²) in [5.41, 5.74) is 0.638. The number of anilines is 2. The van der Waals surface area contributed by atoms with Crippen LogP contribution in [0.4, 0.5) is 20.3 Å². The van der Waals surface area contributed by atoms with Gasteiger partial charge < -0.3 is 10.2 Å². The Morgan fingerprint density at radius 2 is 1.71 bits per heavy atom. The first kappa shape index (κ1) is 19.4. The Morgan fingerprint density at radius 1 is 1.04 bits per heavy atom. The maximum Gasteiger partial charge on any atom is 0.274 e. The number of carbonyl (C=O) groups is 1. The van der Waals surface area contributed by atoms with Crippen molar-refractivity contribution in [2.75, 3.05) is 16.8 Å². The molecule has 0 fully saturated rings. The summed E-state index contributed by atoms with van der Waals surface area (Å²) in [6.07, 6.45) is 0. The van der Waals surface area contributed by atoms with Crippen molar-refractivity contribution in [1.29, 1.82) is 0 Å². The molecule has 0 spiro atoms. The van der Waals surface area contributed by atoms with Crippen LogP contribution in [0.5, 0.6) is 0 Å². The van der Waals surface area contributed by atoms with Crippen LogP contribution >= 0.6 is 0 Å². The topological polar surface area (TPSA) is 58.1 Å². The fraction of sp³-hybridized carbons (Fsp3) is 0.190. The standard InChI is InChI=1S/C21H20F2N4O/c1-3-27(13-15-8-5-4-6-9-15)19-12-18(24-14(2)25-19)21(28)26-20-16(22)10-7-11-17(20)23/h4-12H,3,13H2,1-2H3,(H,26,28). The number of halogens is 2. The minimum Gasteiger partial charge on any atom is -0.352 e. The monoisotopic (exact) mass is 382 g/mol. The number of aryl methyl sites for hydroxylation is 1. The van der Waals surface area contributed by atoms with Gasteiger partial charge in [0.05, 0.1) is 0 Å². The van der Waals surface area contributed by atoms with Crippen LogP contribution < -0.4 is 10.2 Å². The molecule has 7 heteroatoms. The highest BCUT2D eigenvalue weighted by atomic mass is 19.1. The molecule has 0 aliphatic heterocycles. The second kappa shape index (κ2) is 8.56. The van der Waals surface area contributed by atoms with E-state index in [0.29, 0.717) is 24.7 Å². The van der Waals surface area contributed by atoms with Crippen molar-refractivity contribution in [3.8, 4) is 0 Å². The summed E-state index contributed by atoms with van der Waals surface area (Å²) in [6, 6.07) is 14.8. The van der Waals surface area contributed by atoms with Crippen LogP contribution in [0.3, 0.4) is 0 Å². The molecule has 0 saturated heterocycles. The zero-order chi connectivity index (χ0) is 20.1. The maximum absolute atomic E-state index is 13.8. The SMILES string of the molecule is CCN(Cc1ccccc1)c1cc(C(=O)Nc2c(F)cccc2F)nc(C)n1. The molecular formula is C21H20F2N4O. The third-order valence-corrected chi connectivity index (χ3v) is 4.18. The normalized spacial score (nSPS) is 10.6. The lowest BCUT2D eigenvalue weighted by Crippen LogP contribution is -2.25. The lowest BCUT2D eigenvalue weighted by Gasteiger charge is -2.22. The molecule has 1 N–H and O–H groups in total. The zero-order valence-electron chi connectivity index (χ0n) is 15.6. The molecule has 1 heterocycles. The van der Waals surface area contributed by atoms with Crippen molar-refractivity contribution in [3.05, 3.63) is 83.3 Å². The molecule has 28 heavy (non-hydrogen) atoms. The van der Waals surface area contributed by atoms with Crippen LogP contribution in [0.25, 0.3) is 0 Å². The number of carbonyl (C=O) groups excluding carboxylic acids is 1. The van der Waals surface area contributed by atoms with Gasteiger partial charge in [-0.15, -0.1) is 0 Å². The third-order valence-electron chi connectivity index (χ3n) is 4.18. The average Bonchev–Trinajstić information content (AvgIpc) is 2.69. The Bertz CT molecular complexity index is 959. The fourth-order valence-electron chi connectivity index (χ4n) is 2.78. The Hall–Kier alpha value is -3.35. The number of rotatable bonds is 6. The second-order valence-electron chi connectivity index (χ2n) is 6.21. The molecule has 0 aliphatic carbocycles. The quantitative estimate of drug-likeness (QED) is 0.689. The summed E-state index contributed by atoms with van der Waals surface area (Å²) in [6.45, 7) is 4.92. The van der Waals surface area contributed by atoms with Gasteiger partial charge in [0.15, 0.2) is 0 Å². The minimum atomic E-state index is -0.849. The Balaban J connectivity index is 1.87. The van der Waals surface area contributed by atoms with Gasteiger partial charge in [0.25, 0.3) is 5.91 Å². The van der Waals surface area contributed by atoms with Gasteiger partial charge in [-0.1, -0.05) is 36.4 Å². The Kier molecular flexibility index (Phi) is 5.93. The first-order chi connectivity index (χ1) is 13.5. The van der Waals surface area contributed by atoms with Gasteiger partial charge >= 0.3 is 0 Å². The van der Waals surface area contributed by atoms with Gasteiger partial charge in [0.2, 0.25) is 0 Å². The van der Waals surface area contributed by atoms with Crippen molar-refractivity contribution in [2.24, 2.45) is 0 Å². The first-order valence-corrected chi connectivity index (χ1v) is 8.88. The van der Waals surface area contributed by atoms with Gasteiger partial charge in [-0.3, -0.25) is 4.79 Å². The van der Waals surface area contributed by atoms with Crippen molar-refractivity contribution >= 4 is 17.4 Å². The Morgan fingerprint density at radius 3 is 2.36 bits per heavy atom. The van der Waals surface area contributed by atoms with Crippen LogP contribution in [0.2, 0.25) is 0 Å². The summed E-state index contributed by atoms with van der Waals surface area (Å²) in [7, 11) is 0. The average molecular weight is 382 g/mol. The van der Waals surface area contributed by atoms with E-state index in [0.717, 1.165) is 17.7 Å². The number of hydrogen-bond acceptors (Lipinski definition) is 4. The highest BCUT2D eigenvalue weighted by Gasteiger charge is 2.17. The van der Waals surface area contributed by atoms with E-state index in [1.54, 1.807) is 6.92 Å². The van der Waals surface area contributed by atoms with E-state index >= 15 is 0 Å². The molecule has 144 valence electrons. The van der Waals surface area contributed by atoms with Crippen molar-refractivity contribution in [2.45, 2.75) is 20.4 Å². The third kappa shape index (κ3) is 4.49. The molecule has 0 radical (unpaired) electrons. The van der Waals surface area contributed by atoms with Crippen LogP contribution in [-0.2, 0) is 6.54 Å². The number of amides is 1. The van der Waals surface area contributed by atoms with Gasteiger partial charge in [-0.05, 0) is 31.5 Å². The summed E-state index contributed by atoms with van der Waals surface area (Å²) in [5, 5.41) is 2.26. The molecule has 3 aromatic rings.